The van der Waals surface area contributed by atoms with Crippen LogP contribution in [0.1, 0.15) is 24.4 Å². The minimum absolute atomic E-state index is 0.00832. The molecule has 1 saturated heterocycles. The third-order valence-electron chi connectivity index (χ3n) is 4.22. The number of imidazole rings is 1. The van der Waals surface area contributed by atoms with Crippen molar-refractivity contribution in [2.24, 2.45) is 7.05 Å². The standard InChI is InChI=1S/C17H21FN4O2/c1-12-11-24-10-9-22(12)17(23)20-15(16-19-7-8-21(16)2)13-3-5-14(18)6-4-13/h3-8,12,15H,9-11H2,1-2H3,(H,20,23)/t12-,15+/m0/s1. The van der Waals surface area contributed by atoms with E-state index >= 15 is 0 Å². The summed E-state index contributed by atoms with van der Waals surface area (Å²) in [5.74, 6) is 0.376. The van der Waals surface area contributed by atoms with Gasteiger partial charge in [0.25, 0.3) is 0 Å². The molecule has 1 aliphatic heterocycles. The van der Waals surface area contributed by atoms with E-state index in [-0.39, 0.29) is 17.9 Å². The number of amides is 2. The third-order valence-corrected chi connectivity index (χ3v) is 4.22. The highest BCUT2D eigenvalue weighted by atomic mass is 19.1. The van der Waals surface area contributed by atoms with Crippen LogP contribution in [0.25, 0.3) is 0 Å². The molecule has 0 saturated carbocycles. The van der Waals surface area contributed by atoms with Gasteiger partial charge in [-0.3, -0.25) is 0 Å². The quantitative estimate of drug-likeness (QED) is 0.936. The van der Waals surface area contributed by atoms with Crippen LogP contribution >= 0.6 is 0 Å². The minimum atomic E-state index is -0.451. The van der Waals surface area contributed by atoms with Gasteiger partial charge in [-0.1, -0.05) is 12.1 Å². The Morgan fingerprint density at radius 3 is 2.79 bits per heavy atom. The van der Waals surface area contributed by atoms with Crippen molar-refractivity contribution in [2.45, 2.75) is 19.0 Å². The maximum Gasteiger partial charge on any atom is 0.318 e. The van der Waals surface area contributed by atoms with Gasteiger partial charge in [-0.05, 0) is 24.6 Å². The molecule has 0 aliphatic carbocycles. The molecule has 1 aromatic carbocycles. The van der Waals surface area contributed by atoms with Crippen molar-refractivity contribution >= 4 is 6.03 Å². The molecule has 1 N–H and O–H groups in total. The highest BCUT2D eigenvalue weighted by Crippen LogP contribution is 2.21. The fraction of sp³-hybridized carbons (Fsp3) is 0.412. The predicted molar refractivity (Wildman–Crippen MR) is 87.0 cm³/mol. The number of ether oxygens (including phenoxy) is 1. The van der Waals surface area contributed by atoms with Crippen molar-refractivity contribution < 1.29 is 13.9 Å². The molecular formula is C17H21FN4O2. The van der Waals surface area contributed by atoms with Crippen molar-refractivity contribution in [3.8, 4) is 0 Å². The SMILES string of the molecule is C[C@H]1COCCN1C(=O)N[C@H](c1ccc(F)cc1)c1nccn1C. The lowest BCUT2D eigenvalue weighted by Crippen LogP contribution is -2.52. The zero-order valence-corrected chi connectivity index (χ0v) is 13.8. The molecule has 3 rings (SSSR count). The van der Waals surface area contributed by atoms with E-state index in [2.05, 4.69) is 10.3 Å². The number of nitrogens with one attached hydrogen (secondary N) is 1. The van der Waals surface area contributed by atoms with E-state index in [1.807, 2.05) is 24.7 Å². The largest absolute Gasteiger partial charge is 0.377 e. The summed E-state index contributed by atoms with van der Waals surface area (Å²) in [6, 6.07) is 5.48. The van der Waals surface area contributed by atoms with Crippen LogP contribution in [-0.2, 0) is 11.8 Å². The molecule has 2 amide bonds. The van der Waals surface area contributed by atoms with Gasteiger partial charge in [0.2, 0.25) is 0 Å². The Morgan fingerprint density at radius 1 is 1.42 bits per heavy atom. The van der Waals surface area contributed by atoms with Crippen molar-refractivity contribution in [1.82, 2.24) is 19.8 Å². The summed E-state index contributed by atoms with van der Waals surface area (Å²) in [6.45, 7) is 3.55. The van der Waals surface area contributed by atoms with Gasteiger partial charge in [-0.15, -0.1) is 0 Å². The molecule has 0 bridgehead atoms. The third kappa shape index (κ3) is 3.41. The molecule has 0 radical (unpaired) electrons. The van der Waals surface area contributed by atoms with Gasteiger partial charge in [0.15, 0.2) is 0 Å². The Kier molecular flexibility index (Phi) is 4.80. The van der Waals surface area contributed by atoms with Crippen molar-refractivity contribution in [3.63, 3.8) is 0 Å². The molecule has 24 heavy (non-hydrogen) atoms. The number of carbonyl (C=O) groups excluding carboxylic acids is 1. The maximum absolute atomic E-state index is 13.2. The number of morpholine rings is 1. The summed E-state index contributed by atoms with van der Waals surface area (Å²) >= 11 is 0. The molecule has 1 aliphatic rings. The Bertz CT molecular complexity index is 701. The maximum atomic E-state index is 13.2. The zero-order chi connectivity index (χ0) is 17.1. The summed E-state index contributed by atoms with van der Waals surface area (Å²) < 4.78 is 20.5. The molecular weight excluding hydrogens is 311 g/mol. The van der Waals surface area contributed by atoms with Gasteiger partial charge < -0.3 is 19.5 Å². The van der Waals surface area contributed by atoms with E-state index in [0.717, 1.165) is 5.56 Å². The first-order valence-electron chi connectivity index (χ1n) is 7.94. The first-order chi connectivity index (χ1) is 11.6. The number of carbonyl (C=O) groups is 1. The second-order valence-electron chi connectivity index (χ2n) is 5.95. The first kappa shape index (κ1) is 16.4. The molecule has 1 aromatic heterocycles. The molecule has 6 nitrogen and oxygen atoms in total. The van der Waals surface area contributed by atoms with Crippen LogP contribution in [0.4, 0.5) is 9.18 Å². The number of aryl methyl sites for hydroxylation is 1. The summed E-state index contributed by atoms with van der Waals surface area (Å²) in [7, 11) is 1.86. The molecule has 7 heteroatoms. The van der Waals surface area contributed by atoms with Gasteiger partial charge in [0, 0.05) is 26.0 Å². The van der Waals surface area contributed by atoms with Gasteiger partial charge in [-0.25, -0.2) is 14.2 Å². The number of hydrogen-bond acceptors (Lipinski definition) is 3. The lowest BCUT2D eigenvalue weighted by atomic mass is 10.1. The van der Waals surface area contributed by atoms with E-state index < -0.39 is 6.04 Å². The number of rotatable bonds is 3. The second kappa shape index (κ2) is 7.00. The molecule has 128 valence electrons. The van der Waals surface area contributed by atoms with Crippen LogP contribution in [0.15, 0.2) is 36.7 Å². The second-order valence-corrected chi connectivity index (χ2v) is 5.95. The van der Waals surface area contributed by atoms with Crippen molar-refractivity contribution in [2.75, 3.05) is 19.8 Å². The van der Waals surface area contributed by atoms with Crippen LogP contribution in [0.5, 0.6) is 0 Å². The predicted octanol–water partition coefficient (Wildman–Crippen LogP) is 2.08. The molecule has 2 aromatic rings. The highest BCUT2D eigenvalue weighted by Gasteiger charge is 2.28. The molecule has 2 atom stereocenters. The molecule has 0 unspecified atom stereocenters. The number of nitrogens with zero attached hydrogens (tertiary/aromatic N) is 3. The molecule has 2 heterocycles. The van der Waals surface area contributed by atoms with E-state index in [9.17, 15) is 9.18 Å². The van der Waals surface area contributed by atoms with Gasteiger partial charge in [0.1, 0.15) is 17.7 Å². The molecule has 0 spiro atoms. The van der Waals surface area contributed by atoms with Crippen LogP contribution in [0.3, 0.4) is 0 Å². The fourth-order valence-corrected chi connectivity index (χ4v) is 2.84. The topological polar surface area (TPSA) is 59.4 Å². The zero-order valence-electron chi connectivity index (χ0n) is 13.8. The van der Waals surface area contributed by atoms with E-state index in [0.29, 0.717) is 25.6 Å². The number of halogens is 1. The smallest absolute Gasteiger partial charge is 0.318 e. The summed E-state index contributed by atoms with van der Waals surface area (Å²) in [5.41, 5.74) is 0.778. The van der Waals surface area contributed by atoms with Crippen LogP contribution in [-0.4, -0.2) is 46.3 Å². The summed E-state index contributed by atoms with van der Waals surface area (Å²) in [6.07, 6.45) is 3.49. The number of benzene rings is 1. The Hall–Kier alpha value is -2.41. The lowest BCUT2D eigenvalue weighted by Gasteiger charge is -2.34. The van der Waals surface area contributed by atoms with Crippen molar-refractivity contribution in [3.05, 3.63) is 53.9 Å². The average Bonchev–Trinajstić information content (AvgIpc) is 2.99. The normalized spacial score (nSPS) is 19.1. The first-order valence-corrected chi connectivity index (χ1v) is 7.94. The number of urea groups is 1. The Balaban J connectivity index is 1.86. The number of aromatic nitrogens is 2. The van der Waals surface area contributed by atoms with Crippen LogP contribution in [0.2, 0.25) is 0 Å². The lowest BCUT2D eigenvalue weighted by molar-refractivity contribution is 0.0186. The number of hydrogen-bond donors (Lipinski definition) is 1. The van der Waals surface area contributed by atoms with E-state index in [1.54, 1.807) is 23.2 Å². The fourth-order valence-electron chi connectivity index (χ4n) is 2.84. The Morgan fingerprint density at radius 2 is 2.17 bits per heavy atom. The molecule has 1 fully saturated rings. The van der Waals surface area contributed by atoms with E-state index in [4.69, 9.17) is 4.74 Å². The summed E-state index contributed by atoms with van der Waals surface area (Å²) in [4.78, 5) is 18.8. The van der Waals surface area contributed by atoms with Crippen LogP contribution < -0.4 is 5.32 Å². The monoisotopic (exact) mass is 332 g/mol. The average molecular weight is 332 g/mol. The van der Waals surface area contributed by atoms with Gasteiger partial charge in [0.05, 0.1) is 19.3 Å². The van der Waals surface area contributed by atoms with Crippen molar-refractivity contribution in [1.29, 1.82) is 0 Å². The van der Waals surface area contributed by atoms with E-state index in [1.165, 1.54) is 12.1 Å². The Labute approximate surface area is 140 Å². The highest BCUT2D eigenvalue weighted by molar-refractivity contribution is 5.75. The summed E-state index contributed by atoms with van der Waals surface area (Å²) in [5, 5.41) is 3.02. The van der Waals surface area contributed by atoms with Crippen LogP contribution in [0, 0.1) is 5.82 Å². The van der Waals surface area contributed by atoms with Gasteiger partial charge >= 0.3 is 6.03 Å². The minimum Gasteiger partial charge on any atom is -0.377 e. The van der Waals surface area contributed by atoms with Gasteiger partial charge in [-0.2, -0.15) is 0 Å².